The van der Waals surface area contributed by atoms with E-state index in [0.29, 0.717) is 17.0 Å². The SMILES string of the molecule is O=C(Cc1ccc(C(=O)O)cc1)Nc1cc(C(=O)NCc2ccc3c(c2)NC(=O)CO3)ncn1. The van der Waals surface area contributed by atoms with Crippen molar-refractivity contribution in [3.05, 3.63) is 77.2 Å². The van der Waals surface area contributed by atoms with Gasteiger partial charge in [0, 0.05) is 12.6 Å². The van der Waals surface area contributed by atoms with E-state index in [0.717, 1.165) is 11.9 Å². The normalized spacial score (nSPS) is 12.1. The quantitative estimate of drug-likeness (QED) is 0.413. The third-order valence-electron chi connectivity index (χ3n) is 4.86. The smallest absolute Gasteiger partial charge is 0.335 e. The molecule has 0 aliphatic carbocycles. The highest BCUT2D eigenvalue weighted by Crippen LogP contribution is 2.28. The number of benzene rings is 2. The number of anilines is 2. The van der Waals surface area contributed by atoms with Crippen molar-refractivity contribution < 1.29 is 29.0 Å². The Bertz CT molecular complexity index is 1280. The van der Waals surface area contributed by atoms with Crippen LogP contribution in [0.3, 0.4) is 0 Å². The van der Waals surface area contributed by atoms with E-state index >= 15 is 0 Å². The molecule has 34 heavy (non-hydrogen) atoms. The molecule has 0 saturated heterocycles. The van der Waals surface area contributed by atoms with Gasteiger partial charge in [0.25, 0.3) is 11.8 Å². The highest BCUT2D eigenvalue weighted by atomic mass is 16.5. The molecule has 4 N–H and O–H groups in total. The molecular formula is C23H19N5O6. The van der Waals surface area contributed by atoms with Gasteiger partial charge < -0.3 is 25.8 Å². The summed E-state index contributed by atoms with van der Waals surface area (Å²) >= 11 is 0. The van der Waals surface area contributed by atoms with E-state index in [4.69, 9.17) is 9.84 Å². The maximum atomic E-state index is 12.5. The summed E-state index contributed by atoms with van der Waals surface area (Å²) in [5.74, 6) is -1.44. The molecule has 0 unspecified atom stereocenters. The predicted octanol–water partition coefficient (Wildman–Crippen LogP) is 1.62. The molecule has 0 atom stereocenters. The number of hydrogen-bond donors (Lipinski definition) is 4. The number of rotatable bonds is 7. The van der Waals surface area contributed by atoms with E-state index in [-0.39, 0.29) is 48.5 Å². The number of nitrogens with one attached hydrogen (secondary N) is 3. The number of hydrogen-bond acceptors (Lipinski definition) is 7. The van der Waals surface area contributed by atoms with Crippen molar-refractivity contribution in [1.82, 2.24) is 15.3 Å². The second-order valence-corrected chi connectivity index (χ2v) is 7.37. The summed E-state index contributed by atoms with van der Waals surface area (Å²) in [6, 6.07) is 12.5. The molecule has 1 aliphatic rings. The molecule has 0 saturated carbocycles. The maximum absolute atomic E-state index is 12.5. The lowest BCUT2D eigenvalue weighted by Gasteiger charge is -2.18. The number of aromatic nitrogens is 2. The van der Waals surface area contributed by atoms with Crippen molar-refractivity contribution in [3.8, 4) is 5.75 Å². The number of carboxylic acids is 1. The van der Waals surface area contributed by atoms with Crippen LogP contribution in [-0.2, 0) is 22.6 Å². The summed E-state index contributed by atoms with van der Waals surface area (Å²) in [7, 11) is 0. The fourth-order valence-corrected chi connectivity index (χ4v) is 3.20. The van der Waals surface area contributed by atoms with Crippen LogP contribution in [-0.4, -0.2) is 45.4 Å². The molecule has 2 heterocycles. The summed E-state index contributed by atoms with van der Waals surface area (Å²) in [5, 5.41) is 17.0. The van der Waals surface area contributed by atoms with Crippen LogP contribution in [0.2, 0.25) is 0 Å². The molecule has 11 nitrogen and oxygen atoms in total. The Morgan fingerprint density at radius 3 is 2.56 bits per heavy atom. The number of aromatic carboxylic acids is 1. The van der Waals surface area contributed by atoms with Gasteiger partial charge >= 0.3 is 5.97 Å². The van der Waals surface area contributed by atoms with Gasteiger partial charge in [-0.05, 0) is 35.4 Å². The van der Waals surface area contributed by atoms with Crippen LogP contribution in [0, 0.1) is 0 Å². The zero-order chi connectivity index (χ0) is 24.1. The minimum atomic E-state index is -1.05. The van der Waals surface area contributed by atoms with Crippen molar-refractivity contribution in [2.75, 3.05) is 17.2 Å². The Balaban J connectivity index is 1.34. The number of carbonyl (C=O) groups excluding carboxylic acids is 3. The first-order valence-corrected chi connectivity index (χ1v) is 10.2. The number of carbonyl (C=O) groups is 4. The first-order valence-electron chi connectivity index (χ1n) is 10.2. The number of fused-ring (bicyclic) bond motifs is 1. The summed E-state index contributed by atoms with van der Waals surface area (Å²) in [4.78, 5) is 55.1. The van der Waals surface area contributed by atoms with Crippen molar-refractivity contribution in [1.29, 1.82) is 0 Å². The van der Waals surface area contributed by atoms with Gasteiger partial charge in [0.1, 0.15) is 23.6 Å². The zero-order valence-electron chi connectivity index (χ0n) is 17.7. The Hall–Kier alpha value is -4.80. The van der Waals surface area contributed by atoms with Crippen molar-refractivity contribution in [2.24, 2.45) is 0 Å². The van der Waals surface area contributed by atoms with Crippen LogP contribution >= 0.6 is 0 Å². The van der Waals surface area contributed by atoms with E-state index in [1.807, 2.05) is 0 Å². The minimum absolute atomic E-state index is 0.00398. The molecule has 0 bridgehead atoms. The van der Waals surface area contributed by atoms with Gasteiger partial charge in [0.05, 0.1) is 17.7 Å². The molecule has 2 aromatic carbocycles. The second kappa shape index (κ2) is 9.77. The summed E-state index contributed by atoms with van der Waals surface area (Å²) < 4.78 is 5.31. The lowest BCUT2D eigenvalue weighted by atomic mass is 10.1. The third kappa shape index (κ3) is 5.51. The fraction of sp³-hybridized carbons (Fsp3) is 0.130. The molecule has 3 aromatic rings. The monoisotopic (exact) mass is 461 g/mol. The average Bonchev–Trinajstić information content (AvgIpc) is 2.82. The molecule has 4 rings (SSSR count). The van der Waals surface area contributed by atoms with Gasteiger partial charge in [-0.15, -0.1) is 0 Å². The van der Waals surface area contributed by atoms with Crippen LogP contribution in [0.5, 0.6) is 5.75 Å². The number of carboxylic acid groups (broad SMARTS) is 1. The first-order chi connectivity index (χ1) is 16.4. The first kappa shape index (κ1) is 22.4. The van der Waals surface area contributed by atoms with Gasteiger partial charge in [0.2, 0.25) is 5.91 Å². The van der Waals surface area contributed by atoms with E-state index in [9.17, 15) is 19.2 Å². The van der Waals surface area contributed by atoms with Gasteiger partial charge in [-0.3, -0.25) is 14.4 Å². The van der Waals surface area contributed by atoms with Gasteiger partial charge in [0.15, 0.2) is 6.61 Å². The number of ether oxygens (including phenoxy) is 1. The largest absolute Gasteiger partial charge is 0.482 e. The zero-order valence-corrected chi connectivity index (χ0v) is 17.7. The molecule has 1 aliphatic heterocycles. The van der Waals surface area contributed by atoms with E-state index in [2.05, 4.69) is 25.9 Å². The summed E-state index contributed by atoms with van der Waals surface area (Å²) in [5.41, 5.74) is 2.10. The molecule has 172 valence electrons. The predicted molar refractivity (Wildman–Crippen MR) is 120 cm³/mol. The minimum Gasteiger partial charge on any atom is -0.482 e. The Morgan fingerprint density at radius 2 is 1.79 bits per heavy atom. The van der Waals surface area contributed by atoms with Crippen molar-refractivity contribution in [3.63, 3.8) is 0 Å². The van der Waals surface area contributed by atoms with Crippen molar-refractivity contribution in [2.45, 2.75) is 13.0 Å². The van der Waals surface area contributed by atoms with Crippen LogP contribution in [0.1, 0.15) is 32.0 Å². The molecule has 3 amide bonds. The topological polar surface area (TPSA) is 160 Å². The Labute approximate surface area is 193 Å². The van der Waals surface area contributed by atoms with Gasteiger partial charge in [-0.2, -0.15) is 0 Å². The van der Waals surface area contributed by atoms with Gasteiger partial charge in [-0.1, -0.05) is 18.2 Å². The molecular weight excluding hydrogens is 442 g/mol. The second-order valence-electron chi connectivity index (χ2n) is 7.37. The highest BCUT2D eigenvalue weighted by Gasteiger charge is 2.16. The lowest BCUT2D eigenvalue weighted by Crippen LogP contribution is -2.26. The molecule has 0 radical (unpaired) electrons. The standard InChI is InChI=1S/C23H19N5O6/c29-20(8-13-1-4-15(5-2-13)23(32)33)28-19-9-17(25-12-26-19)22(31)24-10-14-3-6-18-16(7-14)27-21(30)11-34-18/h1-7,9,12H,8,10-11H2,(H,24,31)(H,27,30)(H,32,33)(H,25,26,28,29). The van der Waals surface area contributed by atoms with Gasteiger partial charge in [-0.25, -0.2) is 14.8 Å². The lowest BCUT2D eigenvalue weighted by molar-refractivity contribution is -0.118. The summed E-state index contributed by atoms with van der Waals surface area (Å²) in [6.07, 6.45) is 1.17. The van der Waals surface area contributed by atoms with E-state index in [1.165, 1.54) is 18.2 Å². The number of nitrogens with zero attached hydrogens (tertiary/aromatic N) is 2. The molecule has 0 spiro atoms. The molecule has 11 heteroatoms. The Kier molecular flexibility index (Phi) is 6.44. The van der Waals surface area contributed by atoms with Crippen LogP contribution in [0.4, 0.5) is 11.5 Å². The fourth-order valence-electron chi connectivity index (χ4n) is 3.20. The highest BCUT2D eigenvalue weighted by molar-refractivity contribution is 5.96. The number of amides is 3. The summed E-state index contributed by atoms with van der Waals surface area (Å²) in [6.45, 7) is 0.146. The van der Waals surface area contributed by atoms with E-state index < -0.39 is 11.9 Å². The van der Waals surface area contributed by atoms with Crippen LogP contribution in [0.15, 0.2) is 54.9 Å². The van der Waals surface area contributed by atoms with Crippen LogP contribution < -0.4 is 20.7 Å². The average molecular weight is 461 g/mol. The third-order valence-corrected chi connectivity index (χ3v) is 4.86. The van der Waals surface area contributed by atoms with Crippen LogP contribution in [0.25, 0.3) is 0 Å². The Morgan fingerprint density at radius 1 is 1.03 bits per heavy atom. The van der Waals surface area contributed by atoms with E-state index in [1.54, 1.807) is 30.3 Å². The molecule has 1 aromatic heterocycles. The van der Waals surface area contributed by atoms with Crippen molar-refractivity contribution >= 4 is 35.2 Å². The molecule has 0 fully saturated rings. The maximum Gasteiger partial charge on any atom is 0.335 e.